The van der Waals surface area contributed by atoms with Gasteiger partial charge in [0.15, 0.2) is 10.8 Å². The number of benzene rings is 1. The third-order valence-corrected chi connectivity index (χ3v) is 10.5. The quantitative estimate of drug-likeness (QED) is 0.300. The summed E-state index contributed by atoms with van der Waals surface area (Å²) in [5.41, 5.74) is 3.33. The number of sulfone groups is 1. The Morgan fingerprint density at radius 3 is 2.49 bits per heavy atom. The van der Waals surface area contributed by atoms with Crippen molar-refractivity contribution in [3.8, 4) is 5.75 Å². The number of thiazole rings is 1. The Kier molecular flexibility index (Phi) is 8.05. The van der Waals surface area contributed by atoms with Crippen molar-refractivity contribution in [1.82, 2.24) is 19.9 Å². The standard InChI is InChI=1S/C27H35ClN6O3S2/c1-15(2)39(35,36)26-25(38-17(4)30-26)32-24-21(28)14-29-27(33-24)31-22-12-16(3)20(13-23(22)37-19-6-7-19)18-8-10-34(5)11-9-18/h12-15,18-19H,6-11H2,1-5H3,(H2,29,31,32,33). The van der Waals surface area contributed by atoms with Crippen molar-refractivity contribution in [2.45, 2.75) is 75.7 Å². The van der Waals surface area contributed by atoms with Crippen LogP contribution in [-0.4, -0.2) is 59.8 Å². The molecule has 1 aliphatic carbocycles. The highest BCUT2D eigenvalue weighted by Crippen LogP contribution is 2.40. The molecule has 2 N–H and O–H groups in total. The lowest BCUT2D eigenvalue weighted by atomic mass is 9.86. The maximum Gasteiger partial charge on any atom is 0.229 e. The van der Waals surface area contributed by atoms with Gasteiger partial charge in [-0.25, -0.2) is 18.4 Å². The molecule has 2 fully saturated rings. The molecule has 1 aromatic carbocycles. The van der Waals surface area contributed by atoms with Crippen molar-refractivity contribution in [3.63, 3.8) is 0 Å². The summed E-state index contributed by atoms with van der Waals surface area (Å²) in [7, 11) is -1.42. The molecule has 0 amide bonds. The molecule has 1 aliphatic heterocycles. The fraction of sp³-hybridized carbons (Fsp3) is 0.519. The van der Waals surface area contributed by atoms with E-state index in [-0.39, 0.29) is 16.2 Å². The topological polar surface area (TPSA) is 109 Å². The van der Waals surface area contributed by atoms with E-state index in [9.17, 15) is 8.42 Å². The van der Waals surface area contributed by atoms with Crippen molar-refractivity contribution < 1.29 is 13.2 Å². The molecule has 1 saturated carbocycles. The number of hydrogen-bond donors (Lipinski definition) is 2. The molecule has 0 unspecified atom stereocenters. The monoisotopic (exact) mass is 590 g/mol. The normalized spacial score (nSPS) is 17.0. The van der Waals surface area contributed by atoms with Gasteiger partial charge in [-0.05, 0) is 103 Å². The predicted octanol–water partition coefficient (Wildman–Crippen LogP) is 6.22. The van der Waals surface area contributed by atoms with Crippen molar-refractivity contribution in [2.75, 3.05) is 30.8 Å². The summed E-state index contributed by atoms with van der Waals surface area (Å²) in [6.07, 6.45) is 6.10. The molecule has 3 aromatic rings. The summed E-state index contributed by atoms with van der Waals surface area (Å²) in [5, 5.41) is 7.08. The summed E-state index contributed by atoms with van der Waals surface area (Å²) in [4.78, 5) is 15.6. The lowest BCUT2D eigenvalue weighted by molar-refractivity contribution is 0.254. The van der Waals surface area contributed by atoms with Crippen LogP contribution in [0.5, 0.6) is 5.75 Å². The Bertz CT molecular complexity index is 1460. The molecule has 3 heterocycles. The average molecular weight is 591 g/mol. The zero-order valence-corrected chi connectivity index (χ0v) is 25.3. The number of hydrogen-bond acceptors (Lipinski definition) is 10. The number of aryl methyl sites for hydroxylation is 2. The third-order valence-electron chi connectivity index (χ3n) is 7.16. The summed E-state index contributed by atoms with van der Waals surface area (Å²) in [5.74, 6) is 1.93. The number of ether oxygens (including phenoxy) is 1. The van der Waals surface area contributed by atoms with Crippen molar-refractivity contribution in [3.05, 3.63) is 39.5 Å². The first-order valence-corrected chi connectivity index (χ1v) is 16.0. The Balaban J connectivity index is 1.43. The Morgan fingerprint density at radius 2 is 1.82 bits per heavy atom. The first-order valence-electron chi connectivity index (χ1n) is 13.3. The molecule has 2 aromatic heterocycles. The van der Waals surface area contributed by atoms with Gasteiger partial charge in [-0.15, -0.1) is 11.3 Å². The van der Waals surface area contributed by atoms with Crippen molar-refractivity contribution in [2.24, 2.45) is 0 Å². The van der Waals surface area contributed by atoms with Gasteiger partial charge in [0.25, 0.3) is 0 Å². The second kappa shape index (κ2) is 11.2. The zero-order valence-electron chi connectivity index (χ0n) is 22.9. The molecule has 5 rings (SSSR count). The van der Waals surface area contributed by atoms with Gasteiger partial charge in [-0.2, -0.15) is 4.98 Å². The third kappa shape index (κ3) is 6.32. The second-order valence-corrected chi connectivity index (χ2v) is 14.7. The maximum absolute atomic E-state index is 12.9. The van der Waals surface area contributed by atoms with Crippen LogP contribution in [-0.2, 0) is 9.84 Å². The molecule has 39 heavy (non-hydrogen) atoms. The van der Waals surface area contributed by atoms with Crippen LogP contribution in [0.4, 0.5) is 22.5 Å². The number of likely N-dealkylation sites (tertiary alicyclic amines) is 1. The van der Waals surface area contributed by atoms with E-state index in [1.807, 2.05) is 0 Å². The van der Waals surface area contributed by atoms with Gasteiger partial charge in [-0.3, -0.25) is 0 Å². The van der Waals surface area contributed by atoms with Crippen LogP contribution in [0.2, 0.25) is 5.02 Å². The highest BCUT2D eigenvalue weighted by Gasteiger charge is 2.29. The van der Waals surface area contributed by atoms with E-state index in [4.69, 9.17) is 16.3 Å². The fourth-order valence-electron chi connectivity index (χ4n) is 4.67. The van der Waals surface area contributed by atoms with Gasteiger partial charge < -0.3 is 20.3 Å². The van der Waals surface area contributed by atoms with E-state index >= 15 is 0 Å². The molecular weight excluding hydrogens is 556 g/mol. The van der Waals surface area contributed by atoms with E-state index < -0.39 is 15.1 Å². The Morgan fingerprint density at radius 1 is 1.10 bits per heavy atom. The van der Waals surface area contributed by atoms with Crippen LogP contribution in [0.25, 0.3) is 0 Å². The number of nitrogens with zero attached hydrogens (tertiary/aromatic N) is 4. The predicted molar refractivity (Wildman–Crippen MR) is 157 cm³/mol. The largest absolute Gasteiger partial charge is 0.488 e. The molecule has 0 spiro atoms. The smallest absolute Gasteiger partial charge is 0.229 e. The van der Waals surface area contributed by atoms with Gasteiger partial charge in [0.1, 0.15) is 15.8 Å². The van der Waals surface area contributed by atoms with Crippen LogP contribution in [0.3, 0.4) is 0 Å². The van der Waals surface area contributed by atoms with Gasteiger partial charge in [0.2, 0.25) is 15.8 Å². The van der Waals surface area contributed by atoms with E-state index in [0.29, 0.717) is 27.7 Å². The minimum Gasteiger partial charge on any atom is -0.488 e. The number of nitrogens with one attached hydrogen (secondary N) is 2. The van der Waals surface area contributed by atoms with Crippen LogP contribution >= 0.6 is 22.9 Å². The average Bonchev–Trinajstić information content (AvgIpc) is 3.62. The minimum absolute atomic E-state index is 0.00410. The minimum atomic E-state index is -3.60. The van der Waals surface area contributed by atoms with Crippen molar-refractivity contribution in [1.29, 1.82) is 0 Å². The van der Waals surface area contributed by atoms with Crippen LogP contribution in [0.15, 0.2) is 23.4 Å². The van der Waals surface area contributed by atoms with Crippen LogP contribution in [0.1, 0.15) is 61.6 Å². The molecule has 2 aliphatic rings. The van der Waals surface area contributed by atoms with Gasteiger partial charge >= 0.3 is 0 Å². The molecular formula is C27H35ClN6O3S2. The van der Waals surface area contributed by atoms with Gasteiger partial charge in [0, 0.05) is 0 Å². The number of rotatable bonds is 9. The van der Waals surface area contributed by atoms with Crippen molar-refractivity contribution >= 4 is 55.2 Å². The lowest BCUT2D eigenvalue weighted by Crippen LogP contribution is -2.29. The SMILES string of the molecule is Cc1nc(S(=O)(=O)C(C)C)c(Nc2nc(Nc3cc(C)c(C4CCN(C)CC4)cc3OC3CC3)ncc2Cl)s1. The molecule has 1 saturated heterocycles. The highest BCUT2D eigenvalue weighted by atomic mass is 35.5. The molecule has 0 bridgehead atoms. The number of halogens is 1. The van der Waals surface area contributed by atoms with Crippen LogP contribution in [0, 0.1) is 13.8 Å². The molecule has 9 nitrogen and oxygen atoms in total. The summed E-state index contributed by atoms with van der Waals surface area (Å²) in [6, 6.07) is 4.29. The molecule has 0 atom stereocenters. The van der Waals surface area contributed by atoms with Crippen LogP contribution < -0.4 is 15.4 Å². The van der Waals surface area contributed by atoms with Gasteiger partial charge in [-0.1, -0.05) is 11.6 Å². The molecule has 12 heteroatoms. The fourth-order valence-corrected chi connectivity index (χ4v) is 7.07. The van der Waals surface area contributed by atoms with E-state index in [2.05, 4.69) is 56.6 Å². The lowest BCUT2D eigenvalue weighted by Gasteiger charge is -2.30. The summed E-state index contributed by atoms with van der Waals surface area (Å²) < 4.78 is 32.1. The first kappa shape index (κ1) is 28.1. The molecule has 210 valence electrons. The van der Waals surface area contributed by atoms with E-state index in [1.54, 1.807) is 20.8 Å². The maximum atomic E-state index is 12.9. The second-order valence-electron chi connectivity index (χ2n) is 10.7. The Labute approximate surface area is 239 Å². The highest BCUT2D eigenvalue weighted by molar-refractivity contribution is 7.92. The Hall–Kier alpha value is -2.47. The first-order chi connectivity index (χ1) is 18.5. The summed E-state index contributed by atoms with van der Waals surface area (Å²) in [6.45, 7) is 9.36. The number of piperidine rings is 1. The summed E-state index contributed by atoms with van der Waals surface area (Å²) >= 11 is 7.67. The molecule has 0 radical (unpaired) electrons. The number of aromatic nitrogens is 3. The van der Waals surface area contributed by atoms with E-state index in [0.717, 1.165) is 50.2 Å². The van der Waals surface area contributed by atoms with E-state index in [1.165, 1.54) is 28.7 Å². The van der Waals surface area contributed by atoms with Gasteiger partial charge in [0.05, 0.1) is 28.2 Å². The zero-order chi connectivity index (χ0) is 27.9. The number of anilines is 4.